The summed E-state index contributed by atoms with van der Waals surface area (Å²) in [4.78, 5) is 20.0. The van der Waals surface area contributed by atoms with E-state index in [1.165, 1.54) is 7.11 Å². The summed E-state index contributed by atoms with van der Waals surface area (Å²) < 4.78 is 5.04. The molecule has 0 aliphatic carbocycles. The lowest BCUT2D eigenvalue weighted by molar-refractivity contribution is 0.0595. The molecule has 0 aromatic carbocycles. The van der Waals surface area contributed by atoms with Gasteiger partial charge in [-0.15, -0.1) is 0 Å². The molecular weight excluding hydrogens is 214 g/mol. The van der Waals surface area contributed by atoms with Gasteiger partial charge < -0.3 is 19.7 Å². The minimum Gasteiger partial charge on any atom is -0.464 e. The maximum atomic E-state index is 11.4. The first-order chi connectivity index (χ1) is 7.22. The Kier molecular flexibility index (Phi) is 2.42. The van der Waals surface area contributed by atoms with Crippen molar-refractivity contribution >= 4 is 18.2 Å². The number of rotatable bonds is 2. The summed E-state index contributed by atoms with van der Waals surface area (Å²) in [5.74, 6) is -0.446. The van der Waals surface area contributed by atoms with Crippen LogP contribution in [0.5, 0.6) is 0 Å². The lowest BCUT2D eigenvalue weighted by atomic mass is 10.2. The van der Waals surface area contributed by atoms with Crippen LogP contribution in [0.3, 0.4) is 0 Å². The number of hydrogen-bond donors (Lipinski definition) is 3. The van der Waals surface area contributed by atoms with Crippen LogP contribution in [0.2, 0.25) is 0 Å². The zero-order valence-corrected chi connectivity index (χ0v) is 8.77. The molecule has 0 bridgehead atoms. The van der Waals surface area contributed by atoms with Gasteiger partial charge in [0.25, 0.3) is 0 Å². The van der Waals surface area contributed by atoms with Gasteiger partial charge in [0.1, 0.15) is 0 Å². The first kappa shape index (κ1) is 9.72. The maximum Gasteiger partial charge on any atom is 0.356 e. The van der Waals surface area contributed by atoms with Crippen molar-refractivity contribution in [1.29, 1.82) is 0 Å². The summed E-state index contributed by atoms with van der Waals surface area (Å²) in [6.07, 6.45) is 3.53. The summed E-state index contributed by atoms with van der Waals surface area (Å²) in [5, 5.41) is 0. The molecule has 2 heterocycles. The van der Waals surface area contributed by atoms with E-state index in [0.717, 1.165) is 5.56 Å². The second-order valence-corrected chi connectivity index (χ2v) is 3.33. The Morgan fingerprint density at radius 1 is 1.47 bits per heavy atom. The van der Waals surface area contributed by atoms with Gasteiger partial charge in [-0.1, -0.05) is 0 Å². The third kappa shape index (κ3) is 1.71. The molecule has 0 atom stereocenters. The molecule has 0 amide bonds. The summed E-state index contributed by atoms with van der Waals surface area (Å²) >= 11 is 4.93. The first-order valence-corrected chi connectivity index (χ1v) is 4.67. The smallest absolute Gasteiger partial charge is 0.356 e. The minimum absolute atomic E-state index is 0.335. The predicted octanol–water partition coefficient (Wildman–Crippen LogP) is 1.85. The Bertz CT molecular complexity index is 524. The van der Waals surface area contributed by atoms with Crippen molar-refractivity contribution in [3.63, 3.8) is 0 Å². The quantitative estimate of drug-likeness (QED) is 0.537. The monoisotopic (exact) mass is 223 g/mol. The number of nitrogens with one attached hydrogen (secondary N) is 3. The molecule has 0 aliphatic heterocycles. The topological polar surface area (TPSA) is 73.7 Å². The second-order valence-electron chi connectivity index (χ2n) is 2.92. The second kappa shape index (κ2) is 3.74. The number of H-pyrrole nitrogens is 3. The number of carbonyl (C=O) groups is 1. The Labute approximate surface area is 90.5 Å². The molecule has 0 spiro atoms. The molecule has 0 radical (unpaired) electrons. The summed E-state index contributed by atoms with van der Waals surface area (Å²) in [7, 11) is 1.33. The van der Waals surface area contributed by atoms with Crippen molar-refractivity contribution in [2.45, 2.75) is 0 Å². The number of aromatic amines is 3. The standard InChI is InChI=1S/C9H9N3O2S/c1-14-8(13)7-6(11-9(15)12-7)5-2-3-10-4-5/h2-4,10H,1H3,(H2,11,12,15). The number of esters is 1. The van der Waals surface area contributed by atoms with Gasteiger partial charge in [0.2, 0.25) is 0 Å². The fourth-order valence-corrected chi connectivity index (χ4v) is 1.54. The SMILES string of the molecule is COC(=O)c1[nH]c(=S)[nH]c1-c1cc[nH]c1. The number of methoxy groups -OCH3 is 1. The van der Waals surface area contributed by atoms with Gasteiger partial charge in [-0.3, -0.25) is 0 Å². The van der Waals surface area contributed by atoms with E-state index < -0.39 is 5.97 Å². The van der Waals surface area contributed by atoms with Crippen molar-refractivity contribution in [2.24, 2.45) is 0 Å². The number of ether oxygens (including phenoxy) is 1. The van der Waals surface area contributed by atoms with Gasteiger partial charge in [0.15, 0.2) is 10.5 Å². The van der Waals surface area contributed by atoms with Crippen LogP contribution >= 0.6 is 12.2 Å². The van der Waals surface area contributed by atoms with Gasteiger partial charge in [-0.25, -0.2) is 4.79 Å². The molecule has 3 N–H and O–H groups in total. The van der Waals surface area contributed by atoms with Crippen LogP contribution in [-0.2, 0) is 4.74 Å². The van der Waals surface area contributed by atoms with Gasteiger partial charge in [-0.05, 0) is 18.3 Å². The Morgan fingerprint density at radius 3 is 2.87 bits per heavy atom. The molecule has 0 aliphatic rings. The highest BCUT2D eigenvalue weighted by atomic mass is 32.1. The van der Waals surface area contributed by atoms with Crippen LogP contribution in [0.4, 0.5) is 0 Å². The predicted molar refractivity (Wildman–Crippen MR) is 57.1 cm³/mol. The Balaban J connectivity index is 2.57. The fraction of sp³-hybridized carbons (Fsp3) is 0.111. The molecule has 2 rings (SSSR count). The zero-order valence-electron chi connectivity index (χ0n) is 7.96. The van der Waals surface area contributed by atoms with Crippen molar-refractivity contribution < 1.29 is 9.53 Å². The number of carbonyl (C=O) groups excluding carboxylic acids is 1. The van der Waals surface area contributed by atoms with E-state index in [4.69, 9.17) is 12.2 Å². The molecular formula is C9H9N3O2S. The summed E-state index contributed by atoms with van der Waals surface area (Å²) in [6, 6.07) is 1.83. The third-order valence-corrected chi connectivity index (χ3v) is 2.21. The largest absolute Gasteiger partial charge is 0.464 e. The van der Waals surface area contributed by atoms with Crippen LogP contribution < -0.4 is 0 Å². The first-order valence-electron chi connectivity index (χ1n) is 4.26. The molecule has 0 unspecified atom stereocenters. The average molecular weight is 223 g/mol. The molecule has 5 nitrogen and oxygen atoms in total. The Morgan fingerprint density at radius 2 is 2.27 bits per heavy atom. The van der Waals surface area contributed by atoms with Crippen LogP contribution in [0.25, 0.3) is 11.3 Å². The van der Waals surface area contributed by atoms with E-state index >= 15 is 0 Å². The summed E-state index contributed by atoms with van der Waals surface area (Å²) in [6.45, 7) is 0. The van der Waals surface area contributed by atoms with E-state index in [2.05, 4.69) is 19.7 Å². The van der Waals surface area contributed by atoms with Crippen molar-refractivity contribution in [3.8, 4) is 11.3 Å². The van der Waals surface area contributed by atoms with E-state index in [9.17, 15) is 4.79 Å². The third-order valence-electron chi connectivity index (χ3n) is 2.00. The lowest BCUT2D eigenvalue weighted by Crippen LogP contribution is -2.03. The molecule has 15 heavy (non-hydrogen) atoms. The molecule has 6 heteroatoms. The molecule has 78 valence electrons. The van der Waals surface area contributed by atoms with Crippen molar-refractivity contribution in [2.75, 3.05) is 7.11 Å². The fourth-order valence-electron chi connectivity index (χ4n) is 1.33. The number of hydrogen-bond acceptors (Lipinski definition) is 3. The molecule has 2 aromatic heterocycles. The Hall–Kier alpha value is -1.82. The van der Waals surface area contributed by atoms with E-state index in [1.807, 2.05) is 6.07 Å². The minimum atomic E-state index is -0.446. The van der Waals surface area contributed by atoms with Crippen molar-refractivity contribution in [3.05, 3.63) is 28.9 Å². The molecule has 0 saturated carbocycles. The van der Waals surface area contributed by atoms with Crippen LogP contribution in [0.1, 0.15) is 10.5 Å². The highest BCUT2D eigenvalue weighted by Crippen LogP contribution is 2.20. The van der Waals surface area contributed by atoms with E-state index in [1.54, 1.807) is 12.4 Å². The normalized spacial score (nSPS) is 10.2. The highest BCUT2D eigenvalue weighted by molar-refractivity contribution is 7.71. The van der Waals surface area contributed by atoms with Gasteiger partial charge >= 0.3 is 5.97 Å². The number of imidazole rings is 1. The molecule has 0 saturated heterocycles. The highest BCUT2D eigenvalue weighted by Gasteiger charge is 2.16. The van der Waals surface area contributed by atoms with E-state index in [0.29, 0.717) is 16.2 Å². The summed E-state index contributed by atoms with van der Waals surface area (Å²) in [5.41, 5.74) is 1.82. The molecule has 0 fully saturated rings. The number of aromatic nitrogens is 3. The zero-order chi connectivity index (χ0) is 10.8. The molecule has 2 aromatic rings. The van der Waals surface area contributed by atoms with Gasteiger partial charge in [0, 0.05) is 18.0 Å². The van der Waals surface area contributed by atoms with Crippen LogP contribution in [0, 0.1) is 4.77 Å². The van der Waals surface area contributed by atoms with Crippen molar-refractivity contribution in [1.82, 2.24) is 15.0 Å². The van der Waals surface area contributed by atoms with Gasteiger partial charge in [0.05, 0.1) is 12.8 Å². The van der Waals surface area contributed by atoms with Crippen LogP contribution in [-0.4, -0.2) is 28.0 Å². The van der Waals surface area contributed by atoms with Gasteiger partial charge in [-0.2, -0.15) is 0 Å². The average Bonchev–Trinajstić information content (AvgIpc) is 2.84. The maximum absolute atomic E-state index is 11.4. The van der Waals surface area contributed by atoms with E-state index in [-0.39, 0.29) is 0 Å². The lowest BCUT2D eigenvalue weighted by Gasteiger charge is -1.98. The van der Waals surface area contributed by atoms with Crippen LogP contribution in [0.15, 0.2) is 18.5 Å².